The summed E-state index contributed by atoms with van der Waals surface area (Å²) in [4.78, 5) is 0. The molecule has 7 heteroatoms. The van der Waals surface area contributed by atoms with Gasteiger partial charge in [0.1, 0.15) is 11.5 Å². The Labute approximate surface area is 108 Å². The van der Waals surface area contributed by atoms with Crippen molar-refractivity contribution in [2.75, 3.05) is 0 Å². The molecule has 0 N–H and O–H groups in total. The van der Waals surface area contributed by atoms with Gasteiger partial charge in [-0.2, -0.15) is 18.3 Å². The molecule has 0 bridgehead atoms. The van der Waals surface area contributed by atoms with Crippen LogP contribution in [0.2, 0.25) is 0 Å². The monoisotopic (exact) mass is 322 g/mol. The van der Waals surface area contributed by atoms with Crippen molar-refractivity contribution in [3.05, 3.63) is 45.9 Å². The Hall–Kier alpha value is -1.37. The molecule has 0 aliphatic heterocycles. The van der Waals surface area contributed by atoms with Gasteiger partial charge in [0.2, 0.25) is 0 Å². The van der Waals surface area contributed by atoms with Gasteiger partial charge in [-0.15, -0.1) is 0 Å². The van der Waals surface area contributed by atoms with Crippen molar-refractivity contribution in [1.29, 1.82) is 0 Å². The summed E-state index contributed by atoms with van der Waals surface area (Å²) in [5.41, 5.74) is -0.850. The Morgan fingerprint density at radius 3 is 2.39 bits per heavy atom. The van der Waals surface area contributed by atoms with Crippen LogP contribution in [0.4, 0.5) is 17.6 Å². The summed E-state index contributed by atoms with van der Waals surface area (Å²) in [6.07, 6.45) is -4.54. The molecular formula is C11H7BrF4N2. The van der Waals surface area contributed by atoms with E-state index in [1.807, 2.05) is 0 Å². The first-order chi connectivity index (χ1) is 8.29. The molecule has 0 spiro atoms. The summed E-state index contributed by atoms with van der Waals surface area (Å²) in [5.74, 6) is -0.649. The first-order valence-electron chi connectivity index (χ1n) is 4.88. The minimum absolute atomic E-state index is 0.0220. The average molecular weight is 323 g/mol. The van der Waals surface area contributed by atoms with Crippen molar-refractivity contribution in [2.24, 2.45) is 0 Å². The van der Waals surface area contributed by atoms with E-state index in [-0.39, 0.29) is 11.4 Å². The molecule has 0 aliphatic rings. The molecule has 0 aliphatic carbocycles. The number of alkyl halides is 3. The summed E-state index contributed by atoms with van der Waals surface area (Å²) in [5, 5.41) is 3.38. The second-order valence-electron chi connectivity index (χ2n) is 3.68. The van der Waals surface area contributed by atoms with Crippen LogP contribution in [0, 0.1) is 12.7 Å². The number of halogens is 5. The number of rotatable bonds is 1. The topological polar surface area (TPSA) is 17.8 Å². The Kier molecular flexibility index (Phi) is 3.18. The number of benzene rings is 1. The van der Waals surface area contributed by atoms with Gasteiger partial charge in [0.15, 0.2) is 5.69 Å². The fourth-order valence-electron chi connectivity index (χ4n) is 1.51. The third-order valence-electron chi connectivity index (χ3n) is 2.32. The highest BCUT2D eigenvalue weighted by molar-refractivity contribution is 9.10. The lowest BCUT2D eigenvalue weighted by molar-refractivity contribution is -0.141. The first kappa shape index (κ1) is 13.1. The number of aromatic nitrogens is 2. The standard InChI is InChI=1S/C11H7BrF4N2/c1-6-4-10(11(14,15)16)17-18(6)9-3-2-7(12)5-8(9)13/h2-5H,1H3. The molecule has 0 unspecified atom stereocenters. The van der Waals surface area contributed by atoms with E-state index < -0.39 is 17.7 Å². The summed E-state index contributed by atoms with van der Waals surface area (Å²) < 4.78 is 52.5. The van der Waals surface area contributed by atoms with Gasteiger partial charge >= 0.3 is 6.18 Å². The maximum Gasteiger partial charge on any atom is 0.435 e. The molecule has 96 valence electrons. The van der Waals surface area contributed by atoms with E-state index in [1.165, 1.54) is 25.1 Å². The van der Waals surface area contributed by atoms with E-state index in [0.717, 1.165) is 10.7 Å². The van der Waals surface area contributed by atoms with Crippen molar-refractivity contribution in [2.45, 2.75) is 13.1 Å². The highest BCUT2D eigenvalue weighted by atomic mass is 79.9. The zero-order chi connectivity index (χ0) is 13.5. The minimum atomic E-state index is -4.54. The highest BCUT2D eigenvalue weighted by Crippen LogP contribution is 2.30. The predicted molar refractivity (Wildman–Crippen MR) is 61.0 cm³/mol. The Balaban J connectivity index is 2.55. The van der Waals surface area contributed by atoms with Crippen molar-refractivity contribution >= 4 is 15.9 Å². The van der Waals surface area contributed by atoms with Gasteiger partial charge in [-0.05, 0) is 31.2 Å². The molecule has 0 fully saturated rings. The van der Waals surface area contributed by atoms with E-state index in [1.54, 1.807) is 0 Å². The van der Waals surface area contributed by atoms with Crippen molar-refractivity contribution in [1.82, 2.24) is 9.78 Å². The van der Waals surface area contributed by atoms with E-state index >= 15 is 0 Å². The Bertz CT molecular complexity index is 589. The molecular weight excluding hydrogens is 316 g/mol. The zero-order valence-corrected chi connectivity index (χ0v) is 10.7. The molecule has 18 heavy (non-hydrogen) atoms. The summed E-state index contributed by atoms with van der Waals surface area (Å²) in [7, 11) is 0. The van der Waals surface area contributed by atoms with Crippen molar-refractivity contribution < 1.29 is 17.6 Å². The smallest absolute Gasteiger partial charge is 0.235 e. The molecule has 1 aromatic heterocycles. The quantitative estimate of drug-likeness (QED) is 0.723. The lowest BCUT2D eigenvalue weighted by atomic mass is 10.3. The molecule has 0 radical (unpaired) electrons. The minimum Gasteiger partial charge on any atom is -0.235 e. The highest BCUT2D eigenvalue weighted by Gasteiger charge is 2.34. The summed E-state index contributed by atoms with van der Waals surface area (Å²) >= 11 is 3.07. The van der Waals surface area contributed by atoms with Crippen molar-refractivity contribution in [3.63, 3.8) is 0 Å². The van der Waals surface area contributed by atoms with Gasteiger partial charge in [-0.25, -0.2) is 9.07 Å². The van der Waals surface area contributed by atoms with Gasteiger partial charge < -0.3 is 0 Å². The molecule has 2 aromatic rings. The van der Waals surface area contributed by atoms with Gasteiger partial charge in [-0.3, -0.25) is 0 Å². The predicted octanol–water partition coefficient (Wildman–Crippen LogP) is 4.10. The van der Waals surface area contributed by atoms with Crippen LogP contribution in [0.1, 0.15) is 11.4 Å². The maximum atomic E-state index is 13.6. The van der Waals surface area contributed by atoms with E-state index in [2.05, 4.69) is 21.0 Å². The Morgan fingerprint density at radius 2 is 1.89 bits per heavy atom. The van der Waals surface area contributed by atoms with Crippen LogP contribution in [-0.2, 0) is 6.18 Å². The van der Waals surface area contributed by atoms with Gasteiger partial charge in [-0.1, -0.05) is 15.9 Å². The second kappa shape index (κ2) is 4.38. The molecule has 1 aromatic carbocycles. The van der Waals surface area contributed by atoms with Crippen LogP contribution in [-0.4, -0.2) is 9.78 Å². The third-order valence-corrected chi connectivity index (χ3v) is 2.81. The van der Waals surface area contributed by atoms with Gasteiger partial charge in [0.05, 0.1) is 0 Å². The zero-order valence-electron chi connectivity index (χ0n) is 9.09. The number of aryl methyl sites for hydroxylation is 1. The fourth-order valence-corrected chi connectivity index (χ4v) is 1.84. The van der Waals surface area contributed by atoms with Crippen LogP contribution in [0.3, 0.4) is 0 Å². The second-order valence-corrected chi connectivity index (χ2v) is 4.59. The SMILES string of the molecule is Cc1cc(C(F)(F)F)nn1-c1ccc(Br)cc1F. The molecule has 0 atom stereocenters. The maximum absolute atomic E-state index is 13.6. The number of hydrogen-bond donors (Lipinski definition) is 0. The van der Waals surface area contributed by atoms with E-state index in [0.29, 0.717) is 4.47 Å². The third kappa shape index (κ3) is 2.40. The van der Waals surface area contributed by atoms with Crippen LogP contribution in [0.15, 0.2) is 28.7 Å². The fraction of sp³-hybridized carbons (Fsp3) is 0.182. The average Bonchev–Trinajstić information content (AvgIpc) is 2.60. The molecule has 1 heterocycles. The number of hydrogen-bond acceptors (Lipinski definition) is 1. The van der Waals surface area contributed by atoms with E-state index in [4.69, 9.17) is 0 Å². The lowest BCUT2D eigenvalue weighted by Gasteiger charge is -2.06. The van der Waals surface area contributed by atoms with Gasteiger partial charge in [0.25, 0.3) is 0 Å². The van der Waals surface area contributed by atoms with Crippen LogP contribution in [0.5, 0.6) is 0 Å². The Morgan fingerprint density at radius 1 is 1.22 bits per heavy atom. The summed E-state index contributed by atoms with van der Waals surface area (Å²) in [6.45, 7) is 1.43. The number of nitrogens with zero attached hydrogens (tertiary/aromatic N) is 2. The molecule has 0 amide bonds. The van der Waals surface area contributed by atoms with Crippen LogP contribution in [0.25, 0.3) is 5.69 Å². The first-order valence-corrected chi connectivity index (χ1v) is 5.67. The molecule has 0 saturated heterocycles. The normalized spacial score (nSPS) is 11.9. The lowest BCUT2D eigenvalue weighted by Crippen LogP contribution is -2.08. The van der Waals surface area contributed by atoms with Crippen LogP contribution < -0.4 is 0 Å². The van der Waals surface area contributed by atoms with E-state index in [9.17, 15) is 17.6 Å². The van der Waals surface area contributed by atoms with Crippen LogP contribution >= 0.6 is 15.9 Å². The largest absolute Gasteiger partial charge is 0.435 e. The van der Waals surface area contributed by atoms with Gasteiger partial charge in [0, 0.05) is 10.2 Å². The van der Waals surface area contributed by atoms with Crippen molar-refractivity contribution in [3.8, 4) is 5.69 Å². The molecule has 2 nitrogen and oxygen atoms in total. The molecule has 2 rings (SSSR count). The summed E-state index contributed by atoms with van der Waals surface area (Å²) in [6, 6.07) is 4.94. The molecule has 0 saturated carbocycles.